The lowest BCUT2D eigenvalue weighted by molar-refractivity contribution is 0.406. The van der Waals surface area contributed by atoms with Crippen LogP contribution in [0.3, 0.4) is 0 Å². The summed E-state index contributed by atoms with van der Waals surface area (Å²) in [5, 5.41) is 3.21. The van der Waals surface area contributed by atoms with Crippen molar-refractivity contribution >= 4 is 22.9 Å². The van der Waals surface area contributed by atoms with Gasteiger partial charge in [-0.2, -0.15) is 9.97 Å². The molecule has 9 heteroatoms. The summed E-state index contributed by atoms with van der Waals surface area (Å²) >= 11 is 0. The Labute approximate surface area is 161 Å². The van der Waals surface area contributed by atoms with E-state index in [1.807, 2.05) is 30.5 Å². The third kappa shape index (κ3) is 3.22. The summed E-state index contributed by atoms with van der Waals surface area (Å²) in [5.41, 5.74) is 10.1. The molecule has 9 nitrogen and oxygen atoms in total. The van der Waals surface area contributed by atoms with Crippen LogP contribution in [0.5, 0.6) is 5.75 Å². The van der Waals surface area contributed by atoms with Crippen LogP contribution in [0.2, 0.25) is 0 Å². The molecule has 0 aromatic carbocycles. The van der Waals surface area contributed by atoms with E-state index in [-0.39, 0.29) is 5.95 Å². The molecule has 0 unspecified atom stereocenters. The van der Waals surface area contributed by atoms with Crippen molar-refractivity contribution in [3.8, 4) is 5.75 Å². The van der Waals surface area contributed by atoms with Crippen LogP contribution >= 0.6 is 0 Å². The topological polar surface area (TPSA) is 117 Å². The molecule has 144 valence electrons. The number of hydrogen-bond donors (Lipinski definition) is 2. The summed E-state index contributed by atoms with van der Waals surface area (Å²) in [7, 11) is 1.66. The van der Waals surface area contributed by atoms with E-state index in [2.05, 4.69) is 25.3 Å². The molecule has 0 bridgehead atoms. The highest BCUT2D eigenvalue weighted by Gasteiger charge is 2.15. The van der Waals surface area contributed by atoms with Crippen LogP contribution in [-0.2, 0) is 13.1 Å². The number of fused-ring (bicyclic) bond motifs is 1. The number of methoxy groups -OCH3 is 1. The fourth-order valence-corrected chi connectivity index (χ4v) is 3.18. The number of furan rings is 1. The van der Waals surface area contributed by atoms with Gasteiger partial charge in [0.2, 0.25) is 5.95 Å². The van der Waals surface area contributed by atoms with Crippen molar-refractivity contribution in [3.63, 3.8) is 0 Å². The van der Waals surface area contributed by atoms with Gasteiger partial charge in [0.1, 0.15) is 11.5 Å². The highest BCUT2D eigenvalue weighted by atomic mass is 16.5. The lowest BCUT2D eigenvalue weighted by atomic mass is 10.1. The zero-order chi connectivity index (χ0) is 19.7. The molecule has 0 atom stereocenters. The number of nitrogens with zero attached hydrogens (tertiary/aromatic N) is 5. The largest absolute Gasteiger partial charge is 0.496 e. The first-order valence-corrected chi connectivity index (χ1v) is 8.80. The maximum Gasteiger partial charge on any atom is 0.224 e. The Bertz CT molecular complexity index is 1120. The molecule has 0 saturated carbocycles. The van der Waals surface area contributed by atoms with E-state index in [0.717, 1.165) is 28.3 Å². The van der Waals surface area contributed by atoms with Gasteiger partial charge in [-0.15, -0.1) is 0 Å². The fraction of sp³-hybridized carbons (Fsp3) is 0.263. The van der Waals surface area contributed by atoms with Crippen LogP contribution in [0.1, 0.15) is 22.6 Å². The normalized spacial score (nSPS) is 11.1. The zero-order valence-corrected chi connectivity index (χ0v) is 15.9. The van der Waals surface area contributed by atoms with Crippen molar-refractivity contribution in [2.45, 2.75) is 26.9 Å². The van der Waals surface area contributed by atoms with Crippen molar-refractivity contribution in [2.24, 2.45) is 0 Å². The SMILES string of the molecule is COc1c(C)cnc(Cn2cnc3c(NCc4ccco4)nc(N)nc32)c1C. The predicted molar refractivity (Wildman–Crippen MR) is 105 cm³/mol. The van der Waals surface area contributed by atoms with Crippen molar-refractivity contribution in [1.82, 2.24) is 24.5 Å². The highest BCUT2D eigenvalue weighted by Crippen LogP contribution is 2.26. The number of imidazole rings is 1. The van der Waals surface area contributed by atoms with Crippen LogP contribution in [0.15, 0.2) is 35.3 Å². The van der Waals surface area contributed by atoms with E-state index in [1.165, 1.54) is 0 Å². The molecule has 0 fully saturated rings. The molecular weight excluding hydrogens is 358 g/mol. The first-order chi connectivity index (χ1) is 13.6. The number of aromatic nitrogens is 5. The van der Waals surface area contributed by atoms with Crippen LogP contribution in [0.25, 0.3) is 11.2 Å². The van der Waals surface area contributed by atoms with Gasteiger partial charge >= 0.3 is 0 Å². The van der Waals surface area contributed by atoms with Gasteiger partial charge in [-0.05, 0) is 26.0 Å². The Morgan fingerprint density at radius 1 is 1.25 bits per heavy atom. The van der Waals surface area contributed by atoms with Gasteiger partial charge in [-0.3, -0.25) is 4.98 Å². The first-order valence-electron chi connectivity index (χ1n) is 8.80. The van der Waals surface area contributed by atoms with E-state index in [0.29, 0.717) is 30.1 Å². The van der Waals surface area contributed by atoms with Crippen molar-refractivity contribution < 1.29 is 9.15 Å². The Morgan fingerprint density at radius 3 is 2.86 bits per heavy atom. The average Bonchev–Trinajstić information content (AvgIpc) is 3.33. The van der Waals surface area contributed by atoms with Crippen LogP contribution in [-0.4, -0.2) is 31.6 Å². The predicted octanol–water partition coefficient (Wildman–Crippen LogP) is 2.68. The molecule has 0 aliphatic rings. The smallest absolute Gasteiger partial charge is 0.224 e. The lowest BCUT2D eigenvalue weighted by Crippen LogP contribution is -2.08. The van der Waals surface area contributed by atoms with Gasteiger partial charge in [0.25, 0.3) is 0 Å². The number of rotatable bonds is 6. The monoisotopic (exact) mass is 379 g/mol. The summed E-state index contributed by atoms with van der Waals surface area (Å²) in [5.74, 6) is 2.35. The van der Waals surface area contributed by atoms with Crippen LogP contribution < -0.4 is 15.8 Å². The highest BCUT2D eigenvalue weighted by molar-refractivity contribution is 5.84. The molecule has 0 radical (unpaired) electrons. The standard InChI is InChI=1S/C19H21N7O2/c1-11-7-21-14(12(2)16(11)27-3)9-26-10-23-15-17(24-19(20)25-18(15)26)22-8-13-5-4-6-28-13/h4-7,10H,8-9H2,1-3H3,(H3,20,22,24,25). The molecule has 0 spiro atoms. The van der Waals surface area contributed by atoms with E-state index in [1.54, 1.807) is 25.9 Å². The molecule has 3 N–H and O–H groups in total. The molecule has 4 rings (SSSR count). The maximum atomic E-state index is 5.93. The Hall–Kier alpha value is -3.62. The Kier molecular flexibility index (Phi) is 4.56. The van der Waals surface area contributed by atoms with Gasteiger partial charge in [-0.1, -0.05) is 0 Å². The number of ether oxygens (including phenoxy) is 1. The minimum atomic E-state index is 0.169. The lowest BCUT2D eigenvalue weighted by Gasteiger charge is -2.13. The number of pyridine rings is 1. The number of aryl methyl sites for hydroxylation is 1. The third-order valence-corrected chi connectivity index (χ3v) is 4.56. The minimum absolute atomic E-state index is 0.169. The quantitative estimate of drug-likeness (QED) is 0.525. The number of nitrogen functional groups attached to an aromatic ring is 1. The van der Waals surface area contributed by atoms with E-state index < -0.39 is 0 Å². The second-order valence-corrected chi connectivity index (χ2v) is 6.45. The second-order valence-electron chi connectivity index (χ2n) is 6.45. The Balaban J connectivity index is 1.68. The summed E-state index contributed by atoms with van der Waals surface area (Å²) in [4.78, 5) is 17.7. The van der Waals surface area contributed by atoms with Crippen molar-refractivity contribution in [3.05, 3.63) is 53.5 Å². The maximum absolute atomic E-state index is 5.93. The van der Waals surface area contributed by atoms with Crippen LogP contribution in [0, 0.1) is 13.8 Å². The molecule has 4 aromatic rings. The van der Waals surface area contributed by atoms with Gasteiger partial charge in [0.15, 0.2) is 17.0 Å². The molecule has 4 aromatic heterocycles. The fourth-order valence-electron chi connectivity index (χ4n) is 3.18. The van der Waals surface area contributed by atoms with E-state index >= 15 is 0 Å². The number of nitrogens with one attached hydrogen (secondary N) is 1. The number of hydrogen-bond acceptors (Lipinski definition) is 8. The summed E-state index contributed by atoms with van der Waals surface area (Å²) < 4.78 is 12.7. The van der Waals surface area contributed by atoms with Crippen LogP contribution in [0.4, 0.5) is 11.8 Å². The molecule has 0 aliphatic heterocycles. The first kappa shape index (κ1) is 17.8. The average molecular weight is 379 g/mol. The van der Waals surface area contributed by atoms with E-state index in [4.69, 9.17) is 14.9 Å². The molecule has 0 amide bonds. The molecule has 28 heavy (non-hydrogen) atoms. The van der Waals surface area contributed by atoms with Crippen molar-refractivity contribution in [2.75, 3.05) is 18.2 Å². The third-order valence-electron chi connectivity index (χ3n) is 4.56. The van der Waals surface area contributed by atoms with Gasteiger partial charge in [0.05, 0.1) is 38.5 Å². The summed E-state index contributed by atoms with van der Waals surface area (Å²) in [6.07, 6.45) is 5.14. The minimum Gasteiger partial charge on any atom is -0.496 e. The molecule has 4 heterocycles. The molecule has 0 aliphatic carbocycles. The molecule has 0 saturated heterocycles. The molecular formula is C19H21N7O2. The summed E-state index contributed by atoms with van der Waals surface area (Å²) in [6, 6.07) is 3.72. The number of nitrogens with two attached hydrogens (primary N) is 1. The number of anilines is 2. The Morgan fingerprint density at radius 2 is 2.11 bits per heavy atom. The van der Waals surface area contributed by atoms with Crippen molar-refractivity contribution in [1.29, 1.82) is 0 Å². The van der Waals surface area contributed by atoms with E-state index in [9.17, 15) is 0 Å². The van der Waals surface area contributed by atoms with Gasteiger partial charge in [0, 0.05) is 17.3 Å². The van der Waals surface area contributed by atoms with Gasteiger partial charge < -0.3 is 24.8 Å². The van der Waals surface area contributed by atoms with Gasteiger partial charge in [-0.25, -0.2) is 4.98 Å². The zero-order valence-electron chi connectivity index (χ0n) is 15.9. The second kappa shape index (κ2) is 7.18. The summed E-state index contributed by atoms with van der Waals surface area (Å²) in [6.45, 7) is 4.93.